The third kappa shape index (κ3) is 6.24. The summed E-state index contributed by atoms with van der Waals surface area (Å²) in [6.45, 7) is 5.00. The Morgan fingerprint density at radius 2 is 1.84 bits per heavy atom. The molecule has 1 amide bonds. The Balaban J connectivity index is 2.22. The lowest BCUT2D eigenvalue weighted by Crippen LogP contribution is -2.24. The molecule has 1 rings (SSSR count). The van der Waals surface area contributed by atoms with Crippen molar-refractivity contribution in [1.29, 1.82) is 0 Å². The smallest absolute Gasteiger partial charge is 0.251 e. The number of amides is 1. The minimum atomic E-state index is 0.0316. The minimum absolute atomic E-state index is 0.0316. The van der Waals surface area contributed by atoms with Crippen LogP contribution in [0.5, 0.6) is 0 Å². The summed E-state index contributed by atoms with van der Waals surface area (Å²) in [5.74, 6) is 0.0316. The number of hydrogen-bond donors (Lipinski definition) is 1. The van der Waals surface area contributed by atoms with E-state index in [1.165, 1.54) is 32.1 Å². The van der Waals surface area contributed by atoms with Crippen molar-refractivity contribution >= 4 is 21.8 Å². The van der Waals surface area contributed by atoms with Gasteiger partial charge in [-0.2, -0.15) is 0 Å². The molecule has 0 saturated heterocycles. The molecule has 2 nitrogen and oxygen atoms in total. The van der Waals surface area contributed by atoms with Crippen LogP contribution >= 0.6 is 15.9 Å². The molecule has 0 atom stereocenters. The van der Waals surface area contributed by atoms with Crippen LogP contribution in [0.2, 0.25) is 0 Å². The first-order valence-corrected chi connectivity index (χ1v) is 7.98. The summed E-state index contributed by atoms with van der Waals surface area (Å²) in [6.07, 6.45) is 7.48. The molecule has 1 aromatic rings. The molecule has 0 radical (unpaired) electrons. The summed E-state index contributed by atoms with van der Waals surface area (Å²) < 4.78 is 1.04. The van der Waals surface area contributed by atoms with Crippen LogP contribution in [0, 0.1) is 6.92 Å². The predicted molar refractivity (Wildman–Crippen MR) is 84.6 cm³/mol. The van der Waals surface area contributed by atoms with E-state index in [1.54, 1.807) is 0 Å². The second-order valence-electron chi connectivity index (χ2n) is 4.99. The maximum absolute atomic E-state index is 11.9. The van der Waals surface area contributed by atoms with Gasteiger partial charge in [0.05, 0.1) is 0 Å². The topological polar surface area (TPSA) is 29.1 Å². The number of carbonyl (C=O) groups is 1. The molecule has 1 N–H and O–H groups in total. The highest BCUT2D eigenvalue weighted by atomic mass is 79.9. The van der Waals surface area contributed by atoms with Crippen molar-refractivity contribution in [3.63, 3.8) is 0 Å². The quantitative estimate of drug-likeness (QED) is 0.680. The van der Waals surface area contributed by atoms with Crippen LogP contribution < -0.4 is 5.32 Å². The van der Waals surface area contributed by atoms with Gasteiger partial charge >= 0.3 is 0 Å². The fourth-order valence-corrected chi connectivity index (χ4v) is 2.24. The first-order chi connectivity index (χ1) is 9.15. The number of nitrogens with one attached hydrogen (secondary N) is 1. The van der Waals surface area contributed by atoms with Crippen LogP contribution in [-0.2, 0) is 0 Å². The van der Waals surface area contributed by atoms with Gasteiger partial charge in [0.25, 0.3) is 5.91 Å². The van der Waals surface area contributed by atoms with Gasteiger partial charge in [0, 0.05) is 16.6 Å². The van der Waals surface area contributed by atoms with Crippen molar-refractivity contribution in [2.75, 3.05) is 6.54 Å². The summed E-state index contributed by atoms with van der Waals surface area (Å²) in [5.41, 5.74) is 1.83. The van der Waals surface area contributed by atoms with Gasteiger partial charge in [0.2, 0.25) is 0 Å². The molecule has 0 unspecified atom stereocenters. The van der Waals surface area contributed by atoms with Gasteiger partial charge in [-0.1, -0.05) is 55.0 Å². The molecule has 0 heterocycles. The van der Waals surface area contributed by atoms with E-state index in [9.17, 15) is 4.79 Å². The predicted octanol–water partition coefficient (Wildman–Crippen LogP) is 4.85. The van der Waals surface area contributed by atoms with Crippen molar-refractivity contribution < 1.29 is 4.79 Å². The van der Waals surface area contributed by atoms with E-state index in [4.69, 9.17) is 0 Å². The van der Waals surface area contributed by atoms with Crippen LogP contribution in [0.4, 0.5) is 0 Å². The molecule has 0 aliphatic carbocycles. The van der Waals surface area contributed by atoms with Crippen molar-refractivity contribution in [1.82, 2.24) is 5.32 Å². The van der Waals surface area contributed by atoms with E-state index < -0.39 is 0 Å². The fraction of sp³-hybridized carbons (Fsp3) is 0.562. The summed E-state index contributed by atoms with van der Waals surface area (Å²) in [6, 6.07) is 5.70. The van der Waals surface area contributed by atoms with Gasteiger partial charge in [0.15, 0.2) is 0 Å². The molecule has 0 aromatic heterocycles. The van der Waals surface area contributed by atoms with Gasteiger partial charge in [-0.15, -0.1) is 0 Å². The van der Waals surface area contributed by atoms with E-state index >= 15 is 0 Å². The van der Waals surface area contributed by atoms with E-state index in [-0.39, 0.29) is 5.91 Å². The van der Waals surface area contributed by atoms with Gasteiger partial charge < -0.3 is 5.32 Å². The number of halogens is 1. The second-order valence-corrected chi connectivity index (χ2v) is 5.84. The van der Waals surface area contributed by atoms with E-state index in [1.807, 2.05) is 25.1 Å². The molecule has 0 aliphatic rings. The van der Waals surface area contributed by atoms with Crippen LogP contribution in [0.1, 0.15) is 61.4 Å². The molecular formula is C16H24BrNO. The largest absolute Gasteiger partial charge is 0.352 e. The zero-order valence-corrected chi connectivity index (χ0v) is 13.6. The molecule has 1 aromatic carbocycles. The summed E-state index contributed by atoms with van der Waals surface area (Å²) >= 11 is 3.44. The highest BCUT2D eigenvalue weighted by Gasteiger charge is 2.05. The lowest BCUT2D eigenvalue weighted by molar-refractivity contribution is 0.0953. The van der Waals surface area contributed by atoms with Crippen molar-refractivity contribution in [2.24, 2.45) is 0 Å². The van der Waals surface area contributed by atoms with Crippen molar-refractivity contribution in [3.05, 3.63) is 33.8 Å². The first-order valence-electron chi connectivity index (χ1n) is 7.19. The highest BCUT2D eigenvalue weighted by molar-refractivity contribution is 9.10. The first kappa shape index (κ1) is 16.2. The normalized spacial score (nSPS) is 10.5. The Kier molecular flexibility index (Phi) is 7.80. The maximum Gasteiger partial charge on any atom is 0.251 e. The lowest BCUT2D eigenvalue weighted by atomic mass is 10.1. The number of unbranched alkanes of at least 4 members (excludes halogenated alkanes) is 5. The van der Waals surface area contributed by atoms with Gasteiger partial charge in [-0.25, -0.2) is 0 Å². The average Bonchev–Trinajstić information content (AvgIpc) is 2.40. The van der Waals surface area contributed by atoms with E-state index in [0.717, 1.165) is 28.6 Å². The van der Waals surface area contributed by atoms with Crippen LogP contribution in [0.3, 0.4) is 0 Å². The minimum Gasteiger partial charge on any atom is -0.352 e. The number of benzene rings is 1. The van der Waals surface area contributed by atoms with E-state index in [0.29, 0.717) is 0 Å². The van der Waals surface area contributed by atoms with E-state index in [2.05, 4.69) is 28.2 Å². The second kappa shape index (κ2) is 9.13. The van der Waals surface area contributed by atoms with Crippen LogP contribution in [-0.4, -0.2) is 12.5 Å². The van der Waals surface area contributed by atoms with Gasteiger partial charge in [-0.3, -0.25) is 4.79 Å². The molecule has 0 bridgehead atoms. The number of carbonyl (C=O) groups excluding carboxylic acids is 1. The van der Waals surface area contributed by atoms with Crippen LogP contribution in [0.25, 0.3) is 0 Å². The molecule has 3 heteroatoms. The SMILES string of the molecule is CCCCCCCCNC(=O)c1ccc(Br)c(C)c1. The zero-order chi connectivity index (χ0) is 14.1. The fourth-order valence-electron chi connectivity index (χ4n) is 2.00. The maximum atomic E-state index is 11.9. The molecule has 0 spiro atoms. The standard InChI is InChI=1S/C16H24BrNO/c1-3-4-5-6-7-8-11-18-16(19)14-9-10-15(17)13(2)12-14/h9-10,12H,3-8,11H2,1-2H3,(H,18,19). The molecule has 0 saturated carbocycles. The molecule has 0 aliphatic heterocycles. The Bertz CT molecular complexity index is 404. The Morgan fingerprint density at radius 1 is 1.16 bits per heavy atom. The Labute approximate surface area is 125 Å². The molecule has 0 fully saturated rings. The zero-order valence-electron chi connectivity index (χ0n) is 12.0. The monoisotopic (exact) mass is 325 g/mol. The van der Waals surface area contributed by atoms with Gasteiger partial charge in [0.1, 0.15) is 0 Å². The summed E-state index contributed by atoms with van der Waals surface area (Å²) in [7, 11) is 0. The summed E-state index contributed by atoms with van der Waals surface area (Å²) in [5, 5.41) is 2.98. The van der Waals surface area contributed by atoms with Crippen LogP contribution in [0.15, 0.2) is 22.7 Å². The molecule has 19 heavy (non-hydrogen) atoms. The highest BCUT2D eigenvalue weighted by Crippen LogP contribution is 2.17. The number of hydrogen-bond acceptors (Lipinski definition) is 1. The van der Waals surface area contributed by atoms with Gasteiger partial charge in [-0.05, 0) is 37.1 Å². The number of rotatable bonds is 8. The summed E-state index contributed by atoms with van der Waals surface area (Å²) in [4.78, 5) is 11.9. The average molecular weight is 326 g/mol. The molecule has 106 valence electrons. The third-order valence-electron chi connectivity index (χ3n) is 3.24. The lowest BCUT2D eigenvalue weighted by Gasteiger charge is -2.06. The third-order valence-corrected chi connectivity index (χ3v) is 4.13. The van der Waals surface area contributed by atoms with Crippen molar-refractivity contribution in [2.45, 2.75) is 52.4 Å². The number of aryl methyl sites for hydroxylation is 1. The Morgan fingerprint density at radius 3 is 2.53 bits per heavy atom. The molecular weight excluding hydrogens is 302 g/mol. The van der Waals surface area contributed by atoms with Crippen molar-refractivity contribution in [3.8, 4) is 0 Å². The Hall–Kier alpha value is -0.830.